The first-order chi connectivity index (χ1) is 8.88. The van der Waals surface area contributed by atoms with E-state index < -0.39 is 18.2 Å². The summed E-state index contributed by atoms with van der Waals surface area (Å²) in [7, 11) is 0. The van der Waals surface area contributed by atoms with Crippen LogP contribution >= 0.6 is 15.9 Å². The van der Waals surface area contributed by atoms with E-state index in [0.29, 0.717) is 5.57 Å². The molecule has 0 aliphatic heterocycles. The highest BCUT2D eigenvalue weighted by molar-refractivity contribution is 9.10. The van der Waals surface area contributed by atoms with Crippen molar-refractivity contribution >= 4 is 33.9 Å². The maximum absolute atomic E-state index is 11.0. The average molecular weight is 327 g/mol. The van der Waals surface area contributed by atoms with Gasteiger partial charge in [0.2, 0.25) is 0 Å². The minimum atomic E-state index is -0.992. The zero-order chi connectivity index (χ0) is 14.4. The second-order valence-corrected chi connectivity index (χ2v) is 4.91. The molecule has 0 aliphatic carbocycles. The standard InChI is InChI=1S/C14H15BrO4/c1-9(7-12-5-4-6-13(15)8-12)14(18-10(2)16)19-11(3)17/h4-8,14H,1-3H3. The van der Waals surface area contributed by atoms with Gasteiger partial charge in [0, 0.05) is 23.9 Å². The van der Waals surface area contributed by atoms with Crippen LogP contribution in [0.25, 0.3) is 6.08 Å². The summed E-state index contributed by atoms with van der Waals surface area (Å²) in [6, 6.07) is 7.59. The molecule has 0 amide bonds. The summed E-state index contributed by atoms with van der Waals surface area (Å²) in [5.74, 6) is -1.01. The third kappa shape index (κ3) is 5.70. The number of rotatable bonds is 4. The quantitative estimate of drug-likeness (QED) is 0.629. The van der Waals surface area contributed by atoms with Crippen LogP contribution in [0.15, 0.2) is 34.3 Å². The summed E-state index contributed by atoms with van der Waals surface area (Å²) >= 11 is 3.37. The van der Waals surface area contributed by atoms with Crippen LogP contribution in [-0.2, 0) is 19.1 Å². The molecule has 0 saturated carbocycles. The van der Waals surface area contributed by atoms with Gasteiger partial charge in [-0.3, -0.25) is 9.59 Å². The number of esters is 2. The van der Waals surface area contributed by atoms with Gasteiger partial charge in [0.1, 0.15) is 0 Å². The SMILES string of the molecule is CC(=O)OC(OC(C)=O)C(C)=Cc1cccc(Br)c1. The van der Waals surface area contributed by atoms with Gasteiger partial charge in [-0.25, -0.2) is 0 Å². The molecule has 5 heteroatoms. The van der Waals surface area contributed by atoms with Crippen molar-refractivity contribution in [1.29, 1.82) is 0 Å². The molecule has 0 aliphatic rings. The second kappa shape index (κ2) is 7.09. The van der Waals surface area contributed by atoms with Crippen LogP contribution < -0.4 is 0 Å². The van der Waals surface area contributed by atoms with E-state index in [9.17, 15) is 9.59 Å². The van der Waals surface area contributed by atoms with Gasteiger partial charge in [-0.1, -0.05) is 28.1 Å². The Kier molecular flexibility index (Phi) is 5.76. The fraction of sp³-hybridized carbons (Fsp3) is 0.286. The molecule has 0 heterocycles. The van der Waals surface area contributed by atoms with Crippen LogP contribution in [0.2, 0.25) is 0 Å². The predicted molar refractivity (Wildman–Crippen MR) is 75.1 cm³/mol. The minimum absolute atomic E-state index is 0.506. The number of benzene rings is 1. The van der Waals surface area contributed by atoms with Crippen molar-refractivity contribution < 1.29 is 19.1 Å². The molecular weight excluding hydrogens is 312 g/mol. The van der Waals surface area contributed by atoms with E-state index in [-0.39, 0.29) is 0 Å². The summed E-state index contributed by atoms with van der Waals surface area (Å²) < 4.78 is 10.9. The van der Waals surface area contributed by atoms with Gasteiger partial charge >= 0.3 is 11.9 Å². The highest BCUT2D eigenvalue weighted by Crippen LogP contribution is 2.17. The van der Waals surface area contributed by atoms with E-state index in [2.05, 4.69) is 15.9 Å². The Morgan fingerprint density at radius 3 is 2.21 bits per heavy atom. The van der Waals surface area contributed by atoms with Crippen LogP contribution in [-0.4, -0.2) is 18.2 Å². The normalized spacial score (nSPS) is 11.3. The molecule has 19 heavy (non-hydrogen) atoms. The fourth-order valence-electron chi connectivity index (χ4n) is 1.44. The molecule has 0 aromatic heterocycles. The van der Waals surface area contributed by atoms with Gasteiger partial charge in [0.25, 0.3) is 6.29 Å². The van der Waals surface area contributed by atoms with Crippen LogP contribution in [0, 0.1) is 0 Å². The van der Waals surface area contributed by atoms with Gasteiger partial charge in [-0.15, -0.1) is 0 Å². The Bertz CT molecular complexity index is 492. The molecule has 0 saturated heterocycles. The maximum Gasteiger partial charge on any atom is 0.305 e. The summed E-state index contributed by atoms with van der Waals surface area (Å²) in [6.45, 7) is 4.27. The van der Waals surface area contributed by atoms with Crippen molar-refractivity contribution in [3.63, 3.8) is 0 Å². The molecule has 1 rings (SSSR count). The Morgan fingerprint density at radius 2 is 1.74 bits per heavy atom. The summed E-state index contributed by atoms with van der Waals surface area (Å²) in [5, 5.41) is 0. The van der Waals surface area contributed by atoms with E-state index in [1.807, 2.05) is 24.3 Å². The Labute approximate surface area is 120 Å². The molecule has 0 N–H and O–H groups in total. The van der Waals surface area contributed by atoms with E-state index in [0.717, 1.165) is 10.0 Å². The number of hydrogen-bond donors (Lipinski definition) is 0. The largest absolute Gasteiger partial charge is 0.421 e. The van der Waals surface area contributed by atoms with Crippen LogP contribution in [0.5, 0.6) is 0 Å². The third-order valence-corrected chi connectivity index (χ3v) is 2.65. The molecule has 1 aromatic carbocycles. The summed E-state index contributed by atoms with van der Waals surface area (Å²) in [6.07, 6.45) is 0.801. The average Bonchev–Trinajstić information content (AvgIpc) is 2.26. The molecule has 1 aromatic rings. The molecule has 0 spiro atoms. The highest BCUT2D eigenvalue weighted by atomic mass is 79.9. The molecule has 0 fully saturated rings. The second-order valence-electron chi connectivity index (χ2n) is 3.99. The fourth-order valence-corrected chi connectivity index (χ4v) is 1.86. The first-order valence-corrected chi connectivity index (χ1v) is 6.46. The Balaban J connectivity index is 2.94. The van der Waals surface area contributed by atoms with Crippen molar-refractivity contribution in [1.82, 2.24) is 0 Å². The molecule has 0 bridgehead atoms. The third-order valence-electron chi connectivity index (χ3n) is 2.16. The van der Waals surface area contributed by atoms with Crippen molar-refractivity contribution in [2.75, 3.05) is 0 Å². The molecule has 0 unspecified atom stereocenters. The predicted octanol–water partition coefficient (Wildman–Crippen LogP) is 3.30. The van der Waals surface area contributed by atoms with Crippen LogP contribution in [0.1, 0.15) is 26.3 Å². The zero-order valence-corrected chi connectivity index (χ0v) is 12.6. The number of hydrogen-bond acceptors (Lipinski definition) is 4. The number of ether oxygens (including phenoxy) is 2. The molecule has 0 radical (unpaired) electrons. The summed E-state index contributed by atoms with van der Waals surface area (Å²) in [4.78, 5) is 22.0. The number of halogens is 1. The lowest BCUT2D eigenvalue weighted by molar-refractivity contribution is -0.177. The Hall–Kier alpha value is -1.62. The van der Waals surface area contributed by atoms with E-state index in [1.165, 1.54) is 13.8 Å². The lowest BCUT2D eigenvalue weighted by Gasteiger charge is -2.17. The Morgan fingerprint density at radius 1 is 1.16 bits per heavy atom. The van der Waals surface area contributed by atoms with Crippen molar-refractivity contribution in [2.24, 2.45) is 0 Å². The van der Waals surface area contributed by atoms with Crippen molar-refractivity contribution in [3.05, 3.63) is 39.9 Å². The van der Waals surface area contributed by atoms with Gasteiger partial charge in [0.05, 0.1) is 0 Å². The maximum atomic E-state index is 11.0. The van der Waals surface area contributed by atoms with E-state index in [1.54, 1.807) is 13.0 Å². The number of carbonyl (C=O) groups is 2. The van der Waals surface area contributed by atoms with Gasteiger partial charge < -0.3 is 9.47 Å². The van der Waals surface area contributed by atoms with E-state index in [4.69, 9.17) is 9.47 Å². The molecule has 4 nitrogen and oxygen atoms in total. The van der Waals surface area contributed by atoms with Gasteiger partial charge in [-0.2, -0.15) is 0 Å². The zero-order valence-electron chi connectivity index (χ0n) is 11.0. The smallest absolute Gasteiger partial charge is 0.305 e. The molecule has 0 atom stereocenters. The van der Waals surface area contributed by atoms with Crippen molar-refractivity contribution in [3.8, 4) is 0 Å². The van der Waals surface area contributed by atoms with Gasteiger partial charge in [-0.05, 0) is 30.7 Å². The summed E-state index contributed by atoms with van der Waals surface area (Å²) in [5.41, 5.74) is 1.54. The monoisotopic (exact) mass is 326 g/mol. The lowest BCUT2D eigenvalue weighted by Crippen LogP contribution is -2.23. The lowest BCUT2D eigenvalue weighted by atomic mass is 10.1. The van der Waals surface area contributed by atoms with Crippen LogP contribution in [0.4, 0.5) is 0 Å². The topological polar surface area (TPSA) is 52.6 Å². The minimum Gasteiger partial charge on any atom is -0.421 e. The van der Waals surface area contributed by atoms with Crippen LogP contribution in [0.3, 0.4) is 0 Å². The van der Waals surface area contributed by atoms with Crippen molar-refractivity contribution in [2.45, 2.75) is 27.1 Å². The highest BCUT2D eigenvalue weighted by Gasteiger charge is 2.17. The molecule has 102 valence electrons. The van der Waals surface area contributed by atoms with Gasteiger partial charge in [0.15, 0.2) is 0 Å². The molecular formula is C14H15BrO4. The van der Waals surface area contributed by atoms with E-state index >= 15 is 0 Å². The first kappa shape index (κ1) is 15.4. The number of carbonyl (C=O) groups excluding carboxylic acids is 2. The first-order valence-electron chi connectivity index (χ1n) is 5.66.